The number of carbonyl (C=O) groups excluding carboxylic acids is 3. The van der Waals surface area contributed by atoms with Crippen LogP contribution in [0.25, 0.3) is 11.3 Å². The molecule has 0 aliphatic heterocycles. The number of methoxy groups -OCH3 is 1. The van der Waals surface area contributed by atoms with Crippen LogP contribution in [0, 0.1) is 0 Å². The van der Waals surface area contributed by atoms with Gasteiger partial charge in [0.15, 0.2) is 23.2 Å². The van der Waals surface area contributed by atoms with Gasteiger partial charge in [-0.15, -0.1) is 0 Å². The first-order valence-corrected chi connectivity index (χ1v) is 11.8. The molecule has 3 rings (SSSR count). The van der Waals surface area contributed by atoms with E-state index in [0.29, 0.717) is 22.1 Å². The van der Waals surface area contributed by atoms with E-state index in [9.17, 15) is 14.4 Å². The van der Waals surface area contributed by atoms with Crippen LogP contribution in [-0.4, -0.2) is 49.1 Å². The Morgan fingerprint density at radius 2 is 1.80 bits per heavy atom. The molecule has 0 saturated heterocycles. The van der Waals surface area contributed by atoms with Gasteiger partial charge in [0, 0.05) is 17.2 Å². The highest BCUT2D eigenvalue weighted by atomic mass is 32.1. The average Bonchev–Trinajstić information content (AvgIpc) is 3.26. The highest BCUT2D eigenvalue weighted by Crippen LogP contribution is 2.33. The van der Waals surface area contributed by atoms with Gasteiger partial charge in [0.1, 0.15) is 4.88 Å². The van der Waals surface area contributed by atoms with Crippen molar-refractivity contribution in [1.29, 1.82) is 0 Å². The van der Waals surface area contributed by atoms with Crippen molar-refractivity contribution in [3.8, 4) is 22.8 Å². The molecule has 1 heterocycles. The Bertz CT molecular complexity index is 1190. The van der Waals surface area contributed by atoms with Crippen LogP contribution in [0.15, 0.2) is 48.5 Å². The van der Waals surface area contributed by atoms with Crippen molar-refractivity contribution in [2.75, 3.05) is 25.6 Å². The summed E-state index contributed by atoms with van der Waals surface area (Å²) in [5, 5.41) is 5.71. The highest BCUT2D eigenvalue weighted by molar-refractivity contribution is 7.18. The summed E-state index contributed by atoms with van der Waals surface area (Å²) >= 11 is 1.04. The third kappa shape index (κ3) is 6.80. The van der Waals surface area contributed by atoms with Gasteiger partial charge in [0.05, 0.1) is 19.4 Å². The molecule has 2 N–H and O–H groups in total. The Kier molecular flexibility index (Phi) is 8.80. The topological polar surface area (TPSA) is 116 Å². The summed E-state index contributed by atoms with van der Waals surface area (Å²) in [5.41, 5.74) is 1.46. The van der Waals surface area contributed by atoms with Crippen molar-refractivity contribution in [3.63, 3.8) is 0 Å². The number of esters is 1. The number of rotatable bonds is 10. The van der Waals surface area contributed by atoms with Crippen LogP contribution >= 0.6 is 11.3 Å². The molecule has 10 heteroatoms. The Labute approximate surface area is 207 Å². The van der Waals surface area contributed by atoms with E-state index in [-0.39, 0.29) is 35.9 Å². The van der Waals surface area contributed by atoms with Crippen molar-refractivity contribution in [3.05, 3.63) is 59.0 Å². The molecule has 0 aliphatic carbocycles. The number of nitrogens with zero attached hydrogens (tertiary/aromatic N) is 1. The fraction of sp³-hybridized carbons (Fsp3) is 0.280. The number of thiazole rings is 1. The standard InChI is InChI=1S/C25H27N3O6S/c1-5-33-24(31)22-21(16-9-7-6-8-10-16)27-25(35-22)28-23(30)17-11-12-18(19(13-17)32-4)34-14-20(29)26-15(2)3/h6-13,15H,5,14H2,1-4H3,(H,26,29)(H,27,28,30). The molecule has 0 saturated carbocycles. The van der Waals surface area contributed by atoms with Gasteiger partial charge in [0.25, 0.3) is 11.8 Å². The zero-order valence-electron chi connectivity index (χ0n) is 19.9. The summed E-state index contributed by atoms with van der Waals surface area (Å²) in [6.45, 7) is 5.47. The lowest BCUT2D eigenvalue weighted by Crippen LogP contribution is -2.34. The first kappa shape index (κ1) is 25.7. The molecule has 0 atom stereocenters. The van der Waals surface area contributed by atoms with Gasteiger partial charge in [0.2, 0.25) is 0 Å². The predicted octanol–water partition coefficient (Wildman–Crippen LogP) is 4.15. The van der Waals surface area contributed by atoms with Gasteiger partial charge in [-0.2, -0.15) is 0 Å². The van der Waals surface area contributed by atoms with Crippen molar-refractivity contribution < 1.29 is 28.6 Å². The second-order valence-electron chi connectivity index (χ2n) is 7.61. The molecule has 0 radical (unpaired) electrons. The monoisotopic (exact) mass is 497 g/mol. The number of hydrogen-bond donors (Lipinski definition) is 2. The van der Waals surface area contributed by atoms with E-state index in [1.165, 1.54) is 13.2 Å². The molecule has 184 valence electrons. The van der Waals surface area contributed by atoms with Crippen LogP contribution in [0.1, 0.15) is 40.8 Å². The zero-order valence-corrected chi connectivity index (χ0v) is 20.7. The van der Waals surface area contributed by atoms with Crippen LogP contribution in [0.3, 0.4) is 0 Å². The van der Waals surface area contributed by atoms with Crippen LogP contribution in [0.4, 0.5) is 5.13 Å². The van der Waals surface area contributed by atoms with Crippen LogP contribution < -0.4 is 20.1 Å². The van der Waals surface area contributed by atoms with Gasteiger partial charge in [-0.05, 0) is 39.0 Å². The molecule has 3 aromatic rings. The normalized spacial score (nSPS) is 10.5. The fourth-order valence-electron chi connectivity index (χ4n) is 3.10. The summed E-state index contributed by atoms with van der Waals surface area (Å²) in [4.78, 5) is 42.0. The van der Waals surface area contributed by atoms with Crippen LogP contribution in [0.5, 0.6) is 11.5 Å². The largest absolute Gasteiger partial charge is 0.493 e. The van der Waals surface area contributed by atoms with Crippen LogP contribution in [-0.2, 0) is 9.53 Å². The quantitative estimate of drug-likeness (QED) is 0.404. The Balaban J connectivity index is 1.79. The summed E-state index contributed by atoms with van der Waals surface area (Å²) in [7, 11) is 1.44. The lowest BCUT2D eigenvalue weighted by atomic mass is 10.1. The molecule has 35 heavy (non-hydrogen) atoms. The van der Waals surface area contributed by atoms with E-state index in [1.807, 2.05) is 44.2 Å². The molecular formula is C25H27N3O6S. The smallest absolute Gasteiger partial charge is 0.350 e. The first-order chi connectivity index (χ1) is 16.8. The number of ether oxygens (including phenoxy) is 3. The molecule has 0 spiro atoms. The summed E-state index contributed by atoms with van der Waals surface area (Å²) in [6.07, 6.45) is 0. The summed E-state index contributed by atoms with van der Waals surface area (Å²) in [6, 6.07) is 13.8. The predicted molar refractivity (Wildman–Crippen MR) is 133 cm³/mol. The SMILES string of the molecule is CCOC(=O)c1sc(NC(=O)c2ccc(OCC(=O)NC(C)C)c(OC)c2)nc1-c1ccccc1. The van der Waals surface area contributed by atoms with Gasteiger partial charge in [-0.25, -0.2) is 9.78 Å². The Hall–Kier alpha value is -3.92. The van der Waals surface area contributed by atoms with E-state index in [1.54, 1.807) is 19.1 Å². The first-order valence-electron chi connectivity index (χ1n) is 11.0. The van der Waals surface area contributed by atoms with E-state index in [4.69, 9.17) is 14.2 Å². The number of benzene rings is 2. The van der Waals surface area contributed by atoms with Crippen molar-refractivity contribution in [2.24, 2.45) is 0 Å². The number of carbonyl (C=O) groups is 3. The minimum absolute atomic E-state index is 0.00307. The molecule has 0 unspecified atom stereocenters. The molecular weight excluding hydrogens is 470 g/mol. The minimum Gasteiger partial charge on any atom is -0.493 e. The number of amides is 2. The fourth-order valence-corrected chi connectivity index (χ4v) is 3.98. The number of anilines is 1. The lowest BCUT2D eigenvalue weighted by molar-refractivity contribution is -0.123. The third-order valence-electron chi connectivity index (χ3n) is 4.59. The molecule has 2 aromatic carbocycles. The van der Waals surface area contributed by atoms with Crippen molar-refractivity contribution in [2.45, 2.75) is 26.8 Å². The summed E-state index contributed by atoms with van der Waals surface area (Å²) in [5.74, 6) is -0.594. The van der Waals surface area contributed by atoms with E-state index in [0.717, 1.165) is 16.9 Å². The highest BCUT2D eigenvalue weighted by Gasteiger charge is 2.22. The minimum atomic E-state index is -0.506. The summed E-state index contributed by atoms with van der Waals surface area (Å²) < 4.78 is 16.0. The number of hydrogen-bond acceptors (Lipinski definition) is 8. The third-order valence-corrected chi connectivity index (χ3v) is 5.54. The zero-order chi connectivity index (χ0) is 25.4. The Morgan fingerprint density at radius 3 is 2.46 bits per heavy atom. The molecule has 9 nitrogen and oxygen atoms in total. The molecule has 1 aromatic heterocycles. The van der Waals surface area contributed by atoms with Crippen molar-refractivity contribution >= 4 is 34.3 Å². The van der Waals surface area contributed by atoms with Gasteiger partial charge in [-0.3, -0.25) is 14.9 Å². The number of nitrogens with one attached hydrogen (secondary N) is 2. The molecule has 2 amide bonds. The maximum atomic E-state index is 12.9. The number of aromatic nitrogens is 1. The maximum Gasteiger partial charge on any atom is 0.350 e. The van der Waals surface area contributed by atoms with E-state index < -0.39 is 11.9 Å². The Morgan fingerprint density at radius 1 is 1.06 bits per heavy atom. The average molecular weight is 498 g/mol. The van der Waals surface area contributed by atoms with Gasteiger partial charge >= 0.3 is 5.97 Å². The molecule has 0 aliphatic rings. The molecule has 0 fully saturated rings. The van der Waals surface area contributed by atoms with E-state index >= 15 is 0 Å². The second-order valence-corrected chi connectivity index (χ2v) is 8.61. The molecule has 0 bridgehead atoms. The lowest BCUT2D eigenvalue weighted by Gasteiger charge is -2.13. The van der Waals surface area contributed by atoms with Gasteiger partial charge < -0.3 is 19.5 Å². The maximum absolute atomic E-state index is 12.9. The van der Waals surface area contributed by atoms with Crippen molar-refractivity contribution in [1.82, 2.24) is 10.3 Å². The second kappa shape index (κ2) is 12.0. The van der Waals surface area contributed by atoms with Crippen LogP contribution in [0.2, 0.25) is 0 Å². The van der Waals surface area contributed by atoms with E-state index in [2.05, 4.69) is 15.6 Å². The van der Waals surface area contributed by atoms with Gasteiger partial charge in [-0.1, -0.05) is 41.7 Å².